The Kier molecular flexibility index (Phi) is 8.86. The average molecular weight is 436 g/mol. The number of alkyl halides is 3. The minimum atomic E-state index is -4.52. The van der Waals surface area contributed by atoms with Crippen LogP contribution in [0.1, 0.15) is 30.9 Å². The number of hydrogen-bond donors (Lipinski definition) is 3. The molecule has 0 bridgehead atoms. The molecule has 3 N–H and O–H groups in total. The van der Waals surface area contributed by atoms with Crippen molar-refractivity contribution in [1.29, 1.82) is 0 Å². The lowest BCUT2D eigenvalue weighted by Gasteiger charge is -2.10. The van der Waals surface area contributed by atoms with Gasteiger partial charge in [0.2, 0.25) is 0 Å². The van der Waals surface area contributed by atoms with Crippen LogP contribution in [0.4, 0.5) is 23.7 Å². The van der Waals surface area contributed by atoms with Crippen molar-refractivity contribution in [1.82, 2.24) is 10.7 Å². The molecule has 0 aliphatic heterocycles. The van der Waals surface area contributed by atoms with Crippen molar-refractivity contribution in [3.8, 4) is 5.75 Å². The molecule has 31 heavy (non-hydrogen) atoms. The molecule has 0 aliphatic carbocycles. The van der Waals surface area contributed by atoms with Crippen LogP contribution in [-0.2, 0) is 11.0 Å². The maximum atomic E-state index is 12.7. The molecule has 0 spiro atoms. The standard InChI is InChI=1S/C21H23F3N4O3/c1-2-3-11-31-18-9-7-15(8-10-18)13-26-28-19(29)14-25-20(30)27-17-6-4-5-16(12-17)21(22,23)24/h4-10,12-13H,2-3,11,14H2,1H3,(H,28,29)(H2,25,27,30). The van der Waals surface area contributed by atoms with Gasteiger partial charge in [-0.05, 0) is 54.4 Å². The lowest BCUT2D eigenvalue weighted by Crippen LogP contribution is -2.37. The van der Waals surface area contributed by atoms with Crippen LogP contribution in [-0.4, -0.2) is 31.3 Å². The molecule has 0 saturated heterocycles. The molecule has 0 saturated carbocycles. The molecule has 0 atom stereocenters. The fourth-order valence-electron chi connectivity index (χ4n) is 2.31. The van der Waals surface area contributed by atoms with E-state index in [2.05, 4.69) is 28.1 Å². The summed E-state index contributed by atoms with van der Waals surface area (Å²) in [5, 5.41) is 8.26. The van der Waals surface area contributed by atoms with Gasteiger partial charge >= 0.3 is 12.2 Å². The van der Waals surface area contributed by atoms with E-state index in [0.29, 0.717) is 6.61 Å². The Morgan fingerprint density at radius 3 is 2.55 bits per heavy atom. The lowest BCUT2D eigenvalue weighted by atomic mass is 10.2. The molecule has 2 aromatic carbocycles. The molecule has 0 aromatic heterocycles. The van der Waals surface area contributed by atoms with Crippen molar-refractivity contribution in [2.75, 3.05) is 18.5 Å². The summed E-state index contributed by atoms with van der Waals surface area (Å²) in [4.78, 5) is 23.5. The van der Waals surface area contributed by atoms with Gasteiger partial charge in [-0.3, -0.25) is 4.79 Å². The number of nitrogens with one attached hydrogen (secondary N) is 3. The number of hydrazone groups is 1. The van der Waals surface area contributed by atoms with Crippen molar-refractivity contribution < 1.29 is 27.5 Å². The summed E-state index contributed by atoms with van der Waals surface area (Å²) in [5.74, 6) is 0.139. The minimum absolute atomic E-state index is 0.0483. The first-order valence-corrected chi connectivity index (χ1v) is 9.55. The first kappa shape index (κ1) is 23.7. The zero-order valence-corrected chi connectivity index (χ0v) is 16.8. The van der Waals surface area contributed by atoms with E-state index in [-0.39, 0.29) is 5.69 Å². The third kappa shape index (κ3) is 8.77. The number of urea groups is 1. The summed E-state index contributed by atoms with van der Waals surface area (Å²) < 4.78 is 43.6. The summed E-state index contributed by atoms with van der Waals surface area (Å²) in [6, 6.07) is 10.5. The summed E-state index contributed by atoms with van der Waals surface area (Å²) >= 11 is 0. The second-order valence-corrected chi connectivity index (χ2v) is 6.45. The van der Waals surface area contributed by atoms with E-state index >= 15 is 0 Å². The van der Waals surface area contributed by atoms with Crippen LogP contribution >= 0.6 is 0 Å². The fraction of sp³-hybridized carbons (Fsp3) is 0.286. The Bertz CT molecular complexity index is 899. The zero-order chi connectivity index (χ0) is 22.7. The number of halogens is 3. The van der Waals surface area contributed by atoms with E-state index in [0.717, 1.165) is 36.3 Å². The molecule has 2 rings (SSSR count). The van der Waals surface area contributed by atoms with E-state index in [9.17, 15) is 22.8 Å². The maximum Gasteiger partial charge on any atom is 0.416 e. The topological polar surface area (TPSA) is 91.8 Å². The van der Waals surface area contributed by atoms with Crippen molar-refractivity contribution in [3.05, 3.63) is 59.7 Å². The normalized spacial score (nSPS) is 11.2. The van der Waals surface area contributed by atoms with E-state index in [1.54, 1.807) is 24.3 Å². The highest BCUT2D eigenvalue weighted by Crippen LogP contribution is 2.30. The lowest BCUT2D eigenvalue weighted by molar-refractivity contribution is -0.137. The van der Waals surface area contributed by atoms with Crippen LogP contribution in [0.15, 0.2) is 53.6 Å². The highest BCUT2D eigenvalue weighted by molar-refractivity contribution is 5.92. The largest absolute Gasteiger partial charge is 0.494 e. The van der Waals surface area contributed by atoms with Crippen LogP contribution in [0.2, 0.25) is 0 Å². The SMILES string of the molecule is CCCCOc1ccc(C=NNC(=O)CNC(=O)Nc2cccc(C(F)(F)F)c2)cc1. The second kappa shape index (κ2) is 11.6. The molecule has 3 amide bonds. The molecule has 0 aliphatic rings. The number of anilines is 1. The number of hydrogen-bond acceptors (Lipinski definition) is 4. The van der Waals surface area contributed by atoms with E-state index < -0.39 is 30.2 Å². The van der Waals surface area contributed by atoms with Gasteiger partial charge in [-0.1, -0.05) is 19.4 Å². The number of benzene rings is 2. The summed E-state index contributed by atoms with van der Waals surface area (Å²) in [6.45, 7) is 2.32. The molecular formula is C21H23F3N4O3. The van der Waals surface area contributed by atoms with Crippen molar-refractivity contribution >= 4 is 23.8 Å². The highest BCUT2D eigenvalue weighted by Gasteiger charge is 2.30. The number of ether oxygens (including phenoxy) is 1. The van der Waals surface area contributed by atoms with E-state index in [1.165, 1.54) is 18.3 Å². The van der Waals surface area contributed by atoms with Gasteiger partial charge in [-0.2, -0.15) is 18.3 Å². The quantitative estimate of drug-likeness (QED) is 0.313. The van der Waals surface area contributed by atoms with Gasteiger partial charge in [-0.15, -0.1) is 0 Å². The molecule has 2 aromatic rings. The van der Waals surface area contributed by atoms with E-state index in [1.807, 2.05) is 0 Å². The summed E-state index contributed by atoms with van der Waals surface area (Å²) in [5.41, 5.74) is 2.04. The third-order valence-electron chi connectivity index (χ3n) is 3.91. The fourth-order valence-corrected chi connectivity index (χ4v) is 2.31. The third-order valence-corrected chi connectivity index (χ3v) is 3.91. The second-order valence-electron chi connectivity index (χ2n) is 6.45. The van der Waals surface area contributed by atoms with Gasteiger partial charge in [0.25, 0.3) is 5.91 Å². The van der Waals surface area contributed by atoms with Crippen LogP contribution in [0, 0.1) is 0 Å². The molecule has 10 heteroatoms. The van der Waals surface area contributed by atoms with Crippen molar-refractivity contribution in [2.45, 2.75) is 25.9 Å². The minimum Gasteiger partial charge on any atom is -0.494 e. The Morgan fingerprint density at radius 1 is 1.13 bits per heavy atom. The number of carbonyl (C=O) groups excluding carboxylic acids is 2. The zero-order valence-electron chi connectivity index (χ0n) is 16.8. The van der Waals surface area contributed by atoms with Crippen molar-refractivity contribution in [3.63, 3.8) is 0 Å². The summed E-state index contributed by atoms with van der Waals surface area (Å²) in [6.07, 6.45) is -1.07. The van der Waals surface area contributed by atoms with Gasteiger partial charge in [0.1, 0.15) is 12.3 Å². The smallest absolute Gasteiger partial charge is 0.416 e. The molecular weight excluding hydrogens is 413 g/mol. The molecule has 0 radical (unpaired) electrons. The van der Waals surface area contributed by atoms with Gasteiger partial charge in [0.15, 0.2) is 0 Å². The average Bonchev–Trinajstić information content (AvgIpc) is 2.73. The Hall–Kier alpha value is -3.56. The molecule has 0 unspecified atom stereocenters. The molecule has 0 heterocycles. The first-order chi connectivity index (χ1) is 14.8. The Morgan fingerprint density at radius 2 is 1.87 bits per heavy atom. The molecule has 7 nitrogen and oxygen atoms in total. The van der Waals surface area contributed by atoms with Gasteiger partial charge < -0.3 is 15.4 Å². The van der Waals surface area contributed by atoms with Crippen LogP contribution < -0.4 is 20.8 Å². The van der Waals surface area contributed by atoms with E-state index in [4.69, 9.17) is 4.74 Å². The number of nitrogens with zero attached hydrogens (tertiary/aromatic N) is 1. The van der Waals surface area contributed by atoms with Crippen LogP contribution in [0.3, 0.4) is 0 Å². The van der Waals surface area contributed by atoms with Crippen LogP contribution in [0.5, 0.6) is 5.75 Å². The predicted octanol–water partition coefficient (Wildman–Crippen LogP) is 4.16. The predicted molar refractivity (Wildman–Crippen MR) is 111 cm³/mol. The Labute approximate surface area is 177 Å². The monoisotopic (exact) mass is 436 g/mol. The summed E-state index contributed by atoms with van der Waals surface area (Å²) in [7, 11) is 0. The molecule has 0 fully saturated rings. The molecule has 166 valence electrons. The highest BCUT2D eigenvalue weighted by atomic mass is 19.4. The number of rotatable bonds is 9. The van der Waals surface area contributed by atoms with Crippen molar-refractivity contribution in [2.24, 2.45) is 5.10 Å². The van der Waals surface area contributed by atoms with Gasteiger partial charge in [-0.25, -0.2) is 10.2 Å². The first-order valence-electron chi connectivity index (χ1n) is 9.55. The number of carbonyl (C=O) groups is 2. The van der Waals surface area contributed by atoms with Gasteiger partial charge in [0, 0.05) is 5.69 Å². The van der Waals surface area contributed by atoms with Gasteiger partial charge in [0.05, 0.1) is 18.4 Å². The van der Waals surface area contributed by atoms with Crippen LogP contribution in [0.25, 0.3) is 0 Å². The number of unbranched alkanes of at least 4 members (excludes halogenated alkanes) is 1. The maximum absolute atomic E-state index is 12.7. The Balaban J connectivity index is 1.73. The number of amides is 3.